The number of aromatic nitrogens is 2. The minimum absolute atomic E-state index is 0.104. The summed E-state index contributed by atoms with van der Waals surface area (Å²) in [6, 6.07) is 6.43. The predicted molar refractivity (Wildman–Crippen MR) is 68.7 cm³/mol. The van der Waals surface area contributed by atoms with Gasteiger partial charge in [0.1, 0.15) is 23.2 Å². The predicted octanol–water partition coefficient (Wildman–Crippen LogP) is 1.56. The van der Waals surface area contributed by atoms with Gasteiger partial charge in [0.2, 0.25) is 0 Å². The second-order valence-corrected chi connectivity index (χ2v) is 4.10. The summed E-state index contributed by atoms with van der Waals surface area (Å²) < 4.78 is 1.42. The topological polar surface area (TPSA) is 90.9 Å². The average molecular weight is 256 g/mol. The summed E-state index contributed by atoms with van der Waals surface area (Å²) in [5.74, 6) is 0.102. The molecule has 6 nitrogen and oxygen atoms in total. The van der Waals surface area contributed by atoms with Crippen molar-refractivity contribution in [1.29, 1.82) is 5.26 Å². The molecule has 96 valence electrons. The normalized spacial score (nSPS) is 9.95. The number of amides is 1. The highest BCUT2D eigenvalue weighted by atomic mass is 16.3. The number of anilines is 1. The summed E-state index contributed by atoms with van der Waals surface area (Å²) in [6.07, 6.45) is 1.39. The summed E-state index contributed by atoms with van der Waals surface area (Å²) in [6.45, 7) is 1.73. The Balaban J connectivity index is 2.31. The molecule has 0 radical (unpaired) electrons. The third-order valence-corrected chi connectivity index (χ3v) is 2.75. The van der Waals surface area contributed by atoms with Gasteiger partial charge in [-0.1, -0.05) is 0 Å². The van der Waals surface area contributed by atoms with Crippen LogP contribution in [0.2, 0.25) is 0 Å². The molecule has 2 N–H and O–H groups in total. The fourth-order valence-corrected chi connectivity index (χ4v) is 1.75. The lowest BCUT2D eigenvalue weighted by atomic mass is 10.1. The molecule has 0 aliphatic rings. The molecule has 0 aliphatic heterocycles. The molecule has 0 aliphatic carbocycles. The molecule has 0 fully saturated rings. The number of phenolic OH excluding ortho intramolecular Hbond substituents is 1. The van der Waals surface area contributed by atoms with E-state index in [1.165, 1.54) is 29.1 Å². The van der Waals surface area contributed by atoms with Crippen LogP contribution in [0.25, 0.3) is 0 Å². The first-order valence-electron chi connectivity index (χ1n) is 5.56. The second-order valence-electron chi connectivity index (χ2n) is 4.10. The summed E-state index contributed by atoms with van der Waals surface area (Å²) in [5, 5.41) is 24.8. The quantitative estimate of drug-likeness (QED) is 0.853. The molecular weight excluding hydrogens is 244 g/mol. The molecule has 0 atom stereocenters. The third kappa shape index (κ3) is 2.40. The fraction of sp³-hybridized carbons (Fsp3) is 0.154. The maximum absolute atomic E-state index is 12.1. The lowest BCUT2D eigenvalue weighted by Gasteiger charge is -2.08. The Labute approximate surface area is 109 Å². The number of aromatic hydroxyl groups is 1. The Hall–Kier alpha value is -2.81. The average Bonchev–Trinajstić information content (AvgIpc) is 2.70. The molecule has 0 bridgehead atoms. The Kier molecular flexibility index (Phi) is 3.21. The van der Waals surface area contributed by atoms with E-state index in [4.69, 9.17) is 5.26 Å². The number of hydrogen-bond donors (Lipinski definition) is 2. The van der Waals surface area contributed by atoms with Gasteiger partial charge < -0.3 is 10.4 Å². The van der Waals surface area contributed by atoms with Gasteiger partial charge in [-0.25, -0.2) is 0 Å². The number of hydrogen-bond acceptors (Lipinski definition) is 4. The molecular formula is C13H12N4O2. The summed E-state index contributed by atoms with van der Waals surface area (Å²) in [4.78, 5) is 12.1. The van der Waals surface area contributed by atoms with Crippen molar-refractivity contribution < 1.29 is 9.90 Å². The Bertz CT molecular complexity index is 682. The largest absolute Gasteiger partial charge is 0.508 e. The van der Waals surface area contributed by atoms with Crippen molar-refractivity contribution in [3.05, 3.63) is 41.1 Å². The first-order valence-corrected chi connectivity index (χ1v) is 5.56. The van der Waals surface area contributed by atoms with Crippen LogP contribution in [0.1, 0.15) is 21.5 Å². The van der Waals surface area contributed by atoms with E-state index >= 15 is 0 Å². The number of nitrogens with zero attached hydrogens (tertiary/aromatic N) is 3. The van der Waals surface area contributed by atoms with Crippen LogP contribution in [-0.2, 0) is 7.05 Å². The number of aryl methyl sites for hydroxylation is 2. The molecule has 0 saturated heterocycles. The van der Waals surface area contributed by atoms with E-state index in [1.54, 1.807) is 14.0 Å². The monoisotopic (exact) mass is 256 g/mol. The zero-order chi connectivity index (χ0) is 14.0. The van der Waals surface area contributed by atoms with Gasteiger partial charge in [-0.05, 0) is 30.7 Å². The van der Waals surface area contributed by atoms with Crippen LogP contribution in [0.4, 0.5) is 5.82 Å². The van der Waals surface area contributed by atoms with Crippen LogP contribution >= 0.6 is 0 Å². The van der Waals surface area contributed by atoms with Crippen molar-refractivity contribution in [2.75, 3.05) is 5.32 Å². The molecule has 0 unspecified atom stereocenters. The van der Waals surface area contributed by atoms with Crippen molar-refractivity contribution in [3.63, 3.8) is 0 Å². The van der Waals surface area contributed by atoms with E-state index in [-0.39, 0.29) is 11.7 Å². The zero-order valence-corrected chi connectivity index (χ0v) is 10.5. The molecule has 1 aromatic carbocycles. The Morgan fingerprint density at radius 2 is 2.26 bits per heavy atom. The summed E-state index contributed by atoms with van der Waals surface area (Å²) >= 11 is 0. The summed E-state index contributed by atoms with van der Waals surface area (Å²) in [5.41, 5.74) is 1.38. The molecule has 0 saturated carbocycles. The van der Waals surface area contributed by atoms with Crippen LogP contribution in [0.3, 0.4) is 0 Å². The van der Waals surface area contributed by atoms with Gasteiger partial charge >= 0.3 is 0 Å². The molecule has 1 aromatic heterocycles. The highest BCUT2D eigenvalue weighted by Gasteiger charge is 2.14. The molecule has 6 heteroatoms. The van der Waals surface area contributed by atoms with E-state index in [0.29, 0.717) is 22.5 Å². The number of rotatable bonds is 2. The van der Waals surface area contributed by atoms with Crippen LogP contribution in [0.15, 0.2) is 24.4 Å². The fourth-order valence-electron chi connectivity index (χ4n) is 1.75. The minimum Gasteiger partial charge on any atom is -0.508 e. The van der Waals surface area contributed by atoms with Crippen LogP contribution < -0.4 is 5.32 Å². The highest BCUT2D eigenvalue weighted by molar-refractivity contribution is 6.05. The Morgan fingerprint density at radius 1 is 1.53 bits per heavy atom. The van der Waals surface area contributed by atoms with Gasteiger partial charge in [0.05, 0.1) is 6.20 Å². The molecule has 2 aromatic rings. The first kappa shape index (κ1) is 12.6. The number of benzene rings is 1. The number of carbonyl (C=O) groups is 1. The highest BCUT2D eigenvalue weighted by Crippen LogP contribution is 2.18. The van der Waals surface area contributed by atoms with Crippen molar-refractivity contribution in [2.24, 2.45) is 7.05 Å². The zero-order valence-electron chi connectivity index (χ0n) is 10.5. The van der Waals surface area contributed by atoms with E-state index < -0.39 is 0 Å². The van der Waals surface area contributed by atoms with E-state index in [1.807, 2.05) is 6.07 Å². The van der Waals surface area contributed by atoms with Crippen LogP contribution in [0, 0.1) is 18.3 Å². The van der Waals surface area contributed by atoms with Gasteiger partial charge in [0.25, 0.3) is 5.91 Å². The van der Waals surface area contributed by atoms with Gasteiger partial charge in [0.15, 0.2) is 0 Å². The van der Waals surface area contributed by atoms with Crippen molar-refractivity contribution >= 4 is 11.7 Å². The molecule has 0 spiro atoms. The van der Waals surface area contributed by atoms with Crippen molar-refractivity contribution in [3.8, 4) is 11.8 Å². The lowest BCUT2D eigenvalue weighted by Crippen LogP contribution is -2.16. The second kappa shape index (κ2) is 4.82. The Morgan fingerprint density at radius 3 is 2.89 bits per heavy atom. The maximum atomic E-state index is 12.1. The number of nitriles is 1. The van der Waals surface area contributed by atoms with Gasteiger partial charge in [-0.2, -0.15) is 10.4 Å². The third-order valence-electron chi connectivity index (χ3n) is 2.75. The number of phenols is 1. The molecule has 1 amide bonds. The maximum Gasteiger partial charge on any atom is 0.257 e. The van der Waals surface area contributed by atoms with Crippen molar-refractivity contribution in [2.45, 2.75) is 6.92 Å². The molecule has 19 heavy (non-hydrogen) atoms. The van der Waals surface area contributed by atoms with E-state index in [9.17, 15) is 9.90 Å². The first-order chi connectivity index (χ1) is 9.02. The van der Waals surface area contributed by atoms with Gasteiger partial charge in [-0.3, -0.25) is 9.48 Å². The van der Waals surface area contributed by atoms with Crippen LogP contribution in [-0.4, -0.2) is 20.8 Å². The van der Waals surface area contributed by atoms with Gasteiger partial charge in [-0.15, -0.1) is 0 Å². The summed E-state index contributed by atoms with van der Waals surface area (Å²) in [7, 11) is 1.64. The standard InChI is InChI=1S/C13H12N4O2/c1-8-5-10(18)3-4-11(8)13(19)16-12-9(6-14)7-15-17(12)2/h3-5,7,18H,1-2H3,(H,16,19). The SMILES string of the molecule is Cc1cc(O)ccc1C(=O)Nc1c(C#N)cnn1C. The molecule has 2 rings (SSSR count). The van der Waals surface area contributed by atoms with Crippen LogP contribution in [0.5, 0.6) is 5.75 Å². The number of nitrogens with one attached hydrogen (secondary N) is 1. The lowest BCUT2D eigenvalue weighted by molar-refractivity contribution is 0.102. The van der Waals surface area contributed by atoms with Gasteiger partial charge in [0, 0.05) is 12.6 Å². The number of carbonyl (C=O) groups excluding carboxylic acids is 1. The van der Waals surface area contributed by atoms with Crippen molar-refractivity contribution in [1.82, 2.24) is 9.78 Å². The smallest absolute Gasteiger partial charge is 0.257 e. The molecule has 1 heterocycles. The van der Waals surface area contributed by atoms with E-state index in [2.05, 4.69) is 10.4 Å². The van der Waals surface area contributed by atoms with E-state index in [0.717, 1.165) is 0 Å². The minimum atomic E-state index is -0.349.